The van der Waals surface area contributed by atoms with Gasteiger partial charge in [-0.3, -0.25) is 20.4 Å². The number of phenolic OH excluding ortho intramolecular Hbond substituents is 1. The van der Waals surface area contributed by atoms with Gasteiger partial charge in [-0.15, -0.1) is 0 Å². The van der Waals surface area contributed by atoms with E-state index in [0.717, 1.165) is 0 Å². The standard InChI is InChI=1S/C17H17N3O3/c1-11(13-5-3-7-15(9-13)18-12(2)21)19-20-17(23)14-6-4-8-16(22)10-14/h3-10,19,22H,1H2,2H3,(H,18,21)(H,20,23). The lowest BCUT2D eigenvalue weighted by molar-refractivity contribution is -0.114. The Morgan fingerprint density at radius 3 is 2.39 bits per heavy atom. The van der Waals surface area contributed by atoms with Crippen LogP contribution in [0.25, 0.3) is 5.70 Å². The summed E-state index contributed by atoms with van der Waals surface area (Å²) >= 11 is 0. The first kappa shape index (κ1) is 16.1. The van der Waals surface area contributed by atoms with Gasteiger partial charge in [0, 0.05) is 23.7 Å². The molecule has 0 aliphatic heterocycles. The molecule has 0 heterocycles. The number of phenols is 1. The van der Waals surface area contributed by atoms with Crippen molar-refractivity contribution >= 4 is 23.2 Å². The molecule has 2 rings (SSSR count). The molecule has 0 radical (unpaired) electrons. The fourth-order valence-corrected chi connectivity index (χ4v) is 1.91. The SMILES string of the molecule is C=C(NNC(=O)c1cccc(O)c1)c1cccc(NC(C)=O)c1. The third-order valence-corrected chi connectivity index (χ3v) is 2.97. The summed E-state index contributed by atoms with van der Waals surface area (Å²) in [5.74, 6) is -0.558. The van der Waals surface area contributed by atoms with Gasteiger partial charge in [0.15, 0.2) is 0 Å². The molecule has 0 bridgehead atoms. The number of aromatic hydroxyl groups is 1. The quantitative estimate of drug-likeness (QED) is 0.638. The van der Waals surface area contributed by atoms with Crippen molar-refractivity contribution in [2.45, 2.75) is 6.92 Å². The maximum atomic E-state index is 12.0. The van der Waals surface area contributed by atoms with E-state index in [4.69, 9.17) is 0 Å². The fourth-order valence-electron chi connectivity index (χ4n) is 1.91. The molecule has 0 unspecified atom stereocenters. The van der Waals surface area contributed by atoms with Crippen molar-refractivity contribution in [3.05, 3.63) is 66.2 Å². The number of benzene rings is 2. The second-order valence-corrected chi connectivity index (χ2v) is 4.87. The van der Waals surface area contributed by atoms with Crippen LogP contribution in [0.1, 0.15) is 22.8 Å². The maximum absolute atomic E-state index is 12.0. The van der Waals surface area contributed by atoms with Crippen LogP contribution in [-0.2, 0) is 4.79 Å². The largest absolute Gasteiger partial charge is 0.508 e. The second kappa shape index (κ2) is 7.13. The molecule has 0 aliphatic carbocycles. The molecule has 0 aromatic heterocycles. The van der Waals surface area contributed by atoms with Crippen LogP contribution < -0.4 is 16.2 Å². The summed E-state index contributed by atoms with van der Waals surface area (Å²) in [6, 6.07) is 13.0. The average Bonchev–Trinajstić information content (AvgIpc) is 2.52. The molecule has 2 aromatic rings. The molecular weight excluding hydrogens is 294 g/mol. The van der Waals surface area contributed by atoms with Crippen molar-refractivity contribution in [3.8, 4) is 5.75 Å². The average molecular weight is 311 g/mol. The van der Waals surface area contributed by atoms with Crippen molar-refractivity contribution in [1.29, 1.82) is 0 Å². The lowest BCUT2D eigenvalue weighted by Crippen LogP contribution is -2.35. The van der Waals surface area contributed by atoms with Gasteiger partial charge in [-0.05, 0) is 30.3 Å². The Morgan fingerprint density at radius 1 is 1.00 bits per heavy atom. The highest BCUT2D eigenvalue weighted by Crippen LogP contribution is 2.15. The van der Waals surface area contributed by atoms with Crippen LogP contribution in [0.5, 0.6) is 5.75 Å². The summed E-state index contributed by atoms with van der Waals surface area (Å²) in [5.41, 5.74) is 7.34. The van der Waals surface area contributed by atoms with Crippen LogP contribution in [0, 0.1) is 0 Å². The minimum absolute atomic E-state index is 0.0134. The number of carbonyl (C=O) groups excluding carboxylic acids is 2. The summed E-state index contributed by atoms with van der Waals surface area (Å²) in [5, 5.41) is 12.0. The summed E-state index contributed by atoms with van der Waals surface area (Å²) in [6.45, 7) is 5.27. The van der Waals surface area contributed by atoms with Gasteiger partial charge in [0.25, 0.3) is 5.91 Å². The van der Waals surface area contributed by atoms with E-state index < -0.39 is 5.91 Å². The summed E-state index contributed by atoms with van der Waals surface area (Å²) in [7, 11) is 0. The molecule has 118 valence electrons. The third kappa shape index (κ3) is 4.60. The summed E-state index contributed by atoms with van der Waals surface area (Å²) < 4.78 is 0. The zero-order valence-electron chi connectivity index (χ0n) is 12.6. The molecule has 0 atom stereocenters. The van der Waals surface area contributed by atoms with E-state index in [1.807, 2.05) is 0 Å². The fraction of sp³-hybridized carbons (Fsp3) is 0.0588. The van der Waals surface area contributed by atoms with Gasteiger partial charge in [0.1, 0.15) is 5.75 Å². The van der Waals surface area contributed by atoms with Crippen molar-refractivity contribution in [2.75, 3.05) is 5.32 Å². The van der Waals surface area contributed by atoms with E-state index in [0.29, 0.717) is 22.5 Å². The highest BCUT2D eigenvalue weighted by atomic mass is 16.3. The van der Waals surface area contributed by atoms with Gasteiger partial charge in [0.2, 0.25) is 5.91 Å². The first-order valence-electron chi connectivity index (χ1n) is 6.88. The van der Waals surface area contributed by atoms with Crippen molar-refractivity contribution < 1.29 is 14.7 Å². The number of rotatable bonds is 5. The van der Waals surface area contributed by atoms with E-state index in [2.05, 4.69) is 22.7 Å². The topological polar surface area (TPSA) is 90.5 Å². The zero-order chi connectivity index (χ0) is 16.8. The Morgan fingerprint density at radius 2 is 1.70 bits per heavy atom. The van der Waals surface area contributed by atoms with Gasteiger partial charge in [-0.25, -0.2) is 0 Å². The number of amides is 2. The van der Waals surface area contributed by atoms with Crippen molar-refractivity contribution in [3.63, 3.8) is 0 Å². The molecule has 6 nitrogen and oxygen atoms in total. The first-order valence-corrected chi connectivity index (χ1v) is 6.88. The molecule has 0 saturated carbocycles. The van der Waals surface area contributed by atoms with E-state index in [1.165, 1.54) is 19.1 Å². The van der Waals surface area contributed by atoms with Gasteiger partial charge < -0.3 is 10.4 Å². The minimum atomic E-state index is -0.403. The van der Waals surface area contributed by atoms with Gasteiger partial charge in [-0.1, -0.05) is 24.8 Å². The molecular formula is C17H17N3O3. The van der Waals surface area contributed by atoms with E-state index in [9.17, 15) is 14.7 Å². The Kier molecular flexibility index (Phi) is 4.99. The van der Waals surface area contributed by atoms with Gasteiger partial charge in [0.05, 0.1) is 5.70 Å². The van der Waals surface area contributed by atoms with Gasteiger partial charge in [-0.2, -0.15) is 0 Å². The molecule has 0 spiro atoms. The zero-order valence-corrected chi connectivity index (χ0v) is 12.6. The highest BCUT2D eigenvalue weighted by Gasteiger charge is 2.07. The molecule has 0 fully saturated rings. The monoisotopic (exact) mass is 311 g/mol. The van der Waals surface area contributed by atoms with E-state index >= 15 is 0 Å². The molecule has 23 heavy (non-hydrogen) atoms. The number of carbonyl (C=O) groups is 2. The van der Waals surface area contributed by atoms with Crippen molar-refractivity contribution in [1.82, 2.24) is 10.9 Å². The number of hydrazine groups is 1. The Balaban J connectivity index is 1.99. The highest BCUT2D eigenvalue weighted by molar-refractivity contribution is 5.94. The maximum Gasteiger partial charge on any atom is 0.269 e. The predicted octanol–water partition coefficient (Wildman–Crippen LogP) is 2.26. The second-order valence-electron chi connectivity index (χ2n) is 4.87. The van der Waals surface area contributed by atoms with Crippen LogP contribution >= 0.6 is 0 Å². The number of nitrogens with one attached hydrogen (secondary N) is 3. The molecule has 0 saturated heterocycles. The van der Waals surface area contributed by atoms with Crippen LogP contribution in [0.3, 0.4) is 0 Å². The normalized spacial score (nSPS) is 9.78. The van der Waals surface area contributed by atoms with Crippen LogP contribution in [0.15, 0.2) is 55.1 Å². The Bertz CT molecular complexity index is 756. The number of hydrogen-bond acceptors (Lipinski definition) is 4. The summed E-state index contributed by atoms with van der Waals surface area (Å²) in [4.78, 5) is 23.0. The van der Waals surface area contributed by atoms with E-state index in [-0.39, 0.29) is 11.7 Å². The van der Waals surface area contributed by atoms with Crippen LogP contribution in [-0.4, -0.2) is 16.9 Å². The number of anilines is 1. The third-order valence-electron chi connectivity index (χ3n) is 2.97. The number of hydrogen-bond donors (Lipinski definition) is 4. The molecule has 2 amide bonds. The minimum Gasteiger partial charge on any atom is -0.508 e. The van der Waals surface area contributed by atoms with Crippen molar-refractivity contribution in [2.24, 2.45) is 0 Å². The van der Waals surface area contributed by atoms with Gasteiger partial charge >= 0.3 is 0 Å². The molecule has 6 heteroatoms. The molecule has 0 aliphatic rings. The Hall–Kier alpha value is -3.28. The lowest BCUT2D eigenvalue weighted by atomic mass is 10.1. The van der Waals surface area contributed by atoms with Crippen LogP contribution in [0.4, 0.5) is 5.69 Å². The smallest absolute Gasteiger partial charge is 0.269 e. The predicted molar refractivity (Wildman–Crippen MR) is 88.5 cm³/mol. The van der Waals surface area contributed by atoms with E-state index in [1.54, 1.807) is 36.4 Å². The summed E-state index contributed by atoms with van der Waals surface area (Å²) in [6.07, 6.45) is 0. The Labute approximate surface area is 133 Å². The first-order chi connectivity index (χ1) is 11.0. The van der Waals surface area contributed by atoms with Crippen LogP contribution in [0.2, 0.25) is 0 Å². The molecule has 4 N–H and O–H groups in total. The lowest BCUT2D eigenvalue weighted by Gasteiger charge is -2.12. The molecule has 2 aromatic carbocycles.